The molecule has 1 aromatic heterocycles. The summed E-state index contributed by atoms with van der Waals surface area (Å²) in [5, 5.41) is 13.9. The highest BCUT2D eigenvalue weighted by Crippen LogP contribution is 2.27. The van der Waals surface area contributed by atoms with Crippen molar-refractivity contribution in [1.82, 2.24) is 25.8 Å². The lowest BCUT2D eigenvalue weighted by Crippen LogP contribution is -2.60. The van der Waals surface area contributed by atoms with Crippen molar-refractivity contribution >= 4 is 40.3 Å². The normalized spacial score (nSPS) is 17.5. The second-order valence-electron chi connectivity index (χ2n) is 11.6. The fourth-order valence-electron chi connectivity index (χ4n) is 4.67. The third-order valence-electron chi connectivity index (χ3n) is 6.96. The minimum absolute atomic E-state index is 0.0868. The number of carbonyl (C=O) groups excluding carboxylic acids is 4. The number of rotatable bonds is 8. The van der Waals surface area contributed by atoms with Crippen molar-refractivity contribution in [3.05, 3.63) is 71.1 Å². The molecular formula is C31H36N6O5S. The van der Waals surface area contributed by atoms with Gasteiger partial charge in [0, 0.05) is 42.2 Å². The van der Waals surface area contributed by atoms with Crippen molar-refractivity contribution in [2.45, 2.75) is 57.3 Å². The van der Waals surface area contributed by atoms with Gasteiger partial charge in [0.25, 0.3) is 11.8 Å². The smallest absolute Gasteiger partial charge is 0.408 e. The summed E-state index contributed by atoms with van der Waals surface area (Å²) in [6.45, 7) is 6.26. The van der Waals surface area contributed by atoms with E-state index < -0.39 is 35.6 Å². The van der Waals surface area contributed by atoms with Crippen LogP contribution < -0.4 is 21.3 Å². The molecule has 0 bridgehead atoms. The molecule has 43 heavy (non-hydrogen) atoms. The predicted molar refractivity (Wildman–Crippen MR) is 164 cm³/mol. The molecule has 12 heteroatoms. The van der Waals surface area contributed by atoms with E-state index in [-0.39, 0.29) is 25.0 Å². The molecule has 2 heterocycles. The molecule has 2 atom stereocenters. The fourth-order valence-corrected chi connectivity index (χ4v) is 5.39. The second-order valence-corrected chi connectivity index (χ2v) is 12.5. The number of amides is 4. The first-order valence-electron chi connectivity index (χ1n) is 14.3. The molecule has 2 aliphatic rings. The molecule has 1 saturated carbocycles. The summed E-state index contributed by atoms with van der Waals surface area (Å²) in [5.41, 5.74) is 1.90. The van der Waals surface area contributed by atoms with E-state index in [1.807, 2.05) is 23.6 Å². The molecule has 2 fully saturated rings. The van der Waals surface area contributed by atoms with Gasteiger partial charge in [0.1, 0.15) is 17.7 Å². The number of hydrogen-bond acceptors (Lipinski definition) is 8. The molecule has 5 rings (SSSR count). The molecule has 2 aromatic carbocycles. The Balaban J connectivity index is 1.27. The zero-order valence-electron chi connectivity index (χ0n) is 24.4. The first kappa shape index (κ1) is 30.2. The zero-order chi connectivity index (χ0) is 30.6. The molecule has 11 nitrogen and oxygen atoms in total. The second kappa shape index (κ2) is 12.9. The van der Waals surface area contributed by atoms with E-state index in [4.69, 9.17) is 4.74 Å². The monoisotopic (exact) mass is 604 g/mol. The average Bonchev–Trinajstić information content (AvgIpc) is 3.69. The summed E-state index contributed by atoms with van der Waals surface area (Å²) in [4.78, 5) is 58.4. The molecule has 0 radical (unpaired) electrons. The van der Waals surface area contributed by atoms with E-state index in [1.165, 1.54) is 16.2 Å². The molecule has 3 aromatic rings. The Morgan fingerprint density at radius 3 is 2.44 bits per heavy atom. The lowest BCUT2D eigenvalue weighted by atomic mass is 10.0. The predicted octanol–water partition coefficient (Wildman–Crippen LogP) is 3.71. The number of hydrogen-bond donors (Lipinski definition) is 4. The summed E-state index contributed by atoms with van der Waals surface area (Å²) >= 11 is 1.27. The Hall–Kier alpha value is -4.29. The Kier molecular flexibility index (Phi) is 9.07. The van der Waals surface area contributed by atoms with E-state index in [1.54, 1.807) is 57.2 Å². The number of thiazole rings is 1. The minimum Gasteiger partial charge on any atom is -0.444 e. The van der Waals surface area contributed by atoms with Gasteiger partial charge in [-0.05, 0) is 51.3 Å². The molecule has 1 aliphatic carbocycles. The molecule has 4 amide bonds. The number of aromatic nitrogens is 1. The maximum Gasteiger partial charge on any atom is 0.408 e. The van der Waals surface area contributed by atoms with Crippen molar-refractivity contribution in [2.24, 2.45) is 0 Å². The van der Waals surface area contributed by atoms with Crippen molar-refractivity contribution in [3.63, 3.8) is 0 Å². The molecule has 1 saturated heterocycles. The molecule has 4 N–H and O–H groups in total. The highest BCUT2D eigenvalue weighted by Gasteiger charge is 2.37. The lowest BCUT2D eigenvalue weighted by molar-refractivity contribution is -0.141. The molecule has 1 unspecified atom stereocenters. The summed E-state index contributed by atoms with van der Waals surface area (Å²) < 4.78 is 5.42. The highest BCUT2D eigenvalue weighted by molar-refractivity contribution is 7.14. The van der Waals surface area contributed by atoms with Gasteiger partial charge in [-0.25, -0.2) is 9.78 Å². The van der Waals surface area contributed by atoms with Gasteiger partial charge in [0.05, 0.1) is 5.69 Å². The molecule has 0 spiro atoms. The van der Waals surface area contributed by atoms with Gasteiger partial charge >= 0.3 is 6.09 Å². The van der Waals surface area contributed by atoms with Gasteiger partial charge in [0.15, 0.2) is 5.13 Å². The van der Waals surface area contributed by atoms with Gasteiger partial charge in [-0.15, -0.1) is 11.3 Å². The Morgan fingerprint density at radius 2 is 1.77 bits per heavy atom. The third-order valence-corrected chi connectivity index (χ3v) is 7.72. The summed E-state index contributed by atoms with van der Waals surface area (Å²) in [7, 11) is 0. The minimum atomic E-state index is -1.04. The Bertz CT molecular complexity index is 1470. The third kappa shape index (κ3) is 7.96. The molecular weight excluding hydrogens is 568 g/mol. The van der Waals surface area contributed by atoms with Crippen molar-refractivity contribution < 1.29 is 23.9 Å². The van der Waals surface area contributed by atoms with Gasteiger partial charge in [-0.2, -0.15) is 0 Å². The number of carbonyl (C=O) groups is 4. The Morgan fingerprint density at radius 1 is 1.05 bits per heavy atom. The van der Waals surface area contributed by atoms with Crippen molar-refractivity contribution in [1.29, 1.82) is 0 Å². The average molecular weight is 605 g/mol. The van der Waals surface area contributed by atoms with E-state index in [0.29, 0.717) is 28.5 Å². The van der Waals surface area contributed by atoms with Crippen LogP contribution in [-0.2, 0) is 14.3 Å². The first-order valence-corrected chi connectivity index (χ1v) is 15.2. The molecule has 226 valence electrons. The van der Waals surface area contributed by atoms with Crippen LogP contribution in [0.25, 0.3) is 11.3 Å². The quantitative estimate of drug-likeness (QED) is 0.307. The number of benzene rings is 2. The zero-order valence-corrected chi connectivity index (χ0v) is 25.2. The van der Waals surface area contributed by atoms with Crippen LogP contribution in [0.4, 0.5) is 9.93 Å². The SMILES string of the molecule is CC(C)(C)OC(=O)N[C@@H](C(=O)N1CCNCC1C(=O)Nc1nc(-c2ccc(C(=O)NC3CC3)cc2)cs1)c1ccccc1. The number of anilines is 1. The topological polar surface area (TPSA) is 142 Å². The number of nitrogens with one attached hydrogen (secondary N) is 4. The number of alkyl carbamates (subject to hydrolysis) is 1. The number of ether oxygens (including phenoxy) is 1. The van der Waals surface area contributed by atoms with E-state index in [2.05, 4.69) is 26.3 Å². The van der Waals surface area contributed by atoms with Crippen molar-refractivity contribution in [2.75, 3.05) is 25.0 Å². The van der Waals surface area contributed by atoms with Gasteiger partial charge < -0.3 is 30.9 Å². The summed E-state index contributed by atoms with van der Waals surface area (Å²) in [6.07, 6.45) is 1.32. The van der Waals surface area contributed by atoms with E-state index in [0.717, 1.165) is 18.4 Å². The van der Waals surface area contributed by atoms with E-state index >= 15 is 0 Å². The van der Waals surface area contributed by atoms with Gasteiger partial charge in [-0.1, -0.05) is 42.5 Å². The molecule has 1 aliphatic heterocycles. The maximum absolute atomic E-state index is 13.9. The number of piperazine rings is 1. The van der Waals surface area contributed by atoms with Crippen molar-refractivity contribution in [3.8, 4) is 11.3 Å². The first-order chi connectivity index (χ1) is 20.6. The van der Waals surface area contributed by atoms with E-state index in [9.17, 15) is 19.2 Å². The Labute approximate surface area is 254 Å². The van der Waals surface area contributed by atoms with Crippen LogP contribution in [0.1, 0.15) is 55.6 Å². The van der Waals surface area contributed by atoms with Crippen LogP contribution in [0.15, 0.2) is 60.0 Å². The van der Waals surface area contributed by atoms with Crippen LogP contribution in [-0.4, -0.2) is 71.0 Å². The fraction of sp³-hybridized carbons (Fsp3) is 0.387. The van der Waals surface area contributed by atoms with Gasteiger partial charge in [0.2, 0.25) is 5.91 Å². The van der Waals surface area contributed by atoms with Crippen LogP contribution >= 0.6 is 11.3 Å². The lowest BCUT2D eigenvalue weighted by Gasteiger charge is -2.37. The van der Waals surface area contributed by atoms with Crippen LogP contribution in [0.3, 0.4) is 0 Å². The summed E-state index contributed by atoms with van der Waals surface area (Å²) in [5.74, 6) is -0.891. The van der Waals surface area contributed by atoms with Gasteiger partial charge in [-0.3, -0.25) is 14.4 Å². The van der Waals surface area contributed by atoms with Crippen LogP contribution in [0.2, 0.25) is 0 Å². The largest absolute Gasteiger partial charge is 0.444 e. The number of nitrogens with zero attached hydrogens (tertiary/aromatic N) is 2. The maximum atomic E-state index is 13.9. The van der Waals surface area contributed by atoms with Crippen LogP contribution in [0, 0.1) is 0 Å². The standard InChI is InChI=1S/C31H36N6O5S/c1-31(2,3)42-30(41)35-25(20-7-5-4-6-8-20)28(40)37-16-15-32-17-24(37)27(39)36-29-34-23(18-43-29)19-9-11-21(12-10-19)26(38)33-22-13-14-22/h4-12,18,22,24-25,32H,13-17H2,1-3H3,(H,33,38)(H,35,41)(H,34,36,39)/t24?,25-/m1/s1. The van der Waals surface area contributed by atoms with Crippen LogP contribution in [0.5, 0.6) is 0 Å². The highest BCUT2D eigenvalue weighted by atomic mass is 32.1. The summed E-state index contributed by atoms with van der Waals surface area (Å²) in [6, 6.07) is 14.5.